The van der Waals surface area contributed by atoms with Crippen LogP contribution in [0.5, 0.6) is 0 Å². The largest absolute Gasteiger partial charge is 0.294 e. The molecule has 1 aliphatic rings. The topological polar surface area (TPSA) is 42.3 Å². The van der Waals surface area contributed by atoms with Gasteiger partial charge in [0.2, 0.25) is 0 Å². The van der Waals surface area contributed by atoms with Gasteiger partial charge < -0.3 is 0 Å². The van der Waals surface area contributed by atoms with Gasteiger partial charge in [-0.2, -0.15) is 0 Å². The lowest BCUT2D eigenvalue weighted by Crippen LogP contribution is -2.16. The maximum absolute atomic E-state index is 13.0. The Morgan fingerprint density at radius 3 is 2.55 bits per heavy atom. The molecule has 0 unspecified atom stereocenters. The SMILES string of the molecule is Cc1cc(C)c2c(n1)N=C(c1ccc(F)cc1)CC2=O. The number of carbonyl (C=O) groups is 1. The van der Waals surface area contributed by atoms with Gasteiger partial charge in [-0.15, -0.1) is 0 Å². The number of hydrogen-bond acceptors (Lipinski definition) is 3. The van der Waals surface area contributed by atoms with Gasteiger partial charge in [0.25, 0.3) is 0 Å². The quantitative estimate of drug-likeness (QED) is 0.793. The summed E-state index contributed by atoms with van der Waals surface area (Å²) in [5, 5.41) is 0. The molecule has 1 aliphatic heterocycles. The first-order valence-corrected chi connectivity index (χ1v) is 6.39. The fourth-order valence-electron chi connectivity index (χ4n) is 2.46. The summed E-state index contributed by atoms with van der Waals surface area (Å²) in [5.41, 5.74) is 3.73. The van der Waals surface area contributed by atoms with Crippen LogP contribution >= 0.6 is 0 Å². The Kier molecular flexibility index (Phi) is 2.93. The Labute approximate surface area is 116 Å². The fourth-order valence-corrected chi connectivity index (χ4v) is 2.46. The zero-order chi connectivity index (χ0) is 14.3. The molecular weight excluding hydrogens is 255 g/mol. The Balaban J connectivity index is 2.13. The van der Waals surface area contributed by atoms with E-state index in [-0.39, 0.29) is 18.0 Å². The van der Waals surface area contributed by atoms with Gasteiger partial charge in [0.1, 0.15) is 5.82 Å². The number of rotatable bonds is 1. The predicted molar refractivity (Wildman–Crippen MR) is 75.3 cm³/mol. The molecular formula is C16H13FN2O. The first kappa shape index (κ1) is 12.7. The molecule has 0 saturated heterocycles. The first-order valence-electron chi connectivity index (χ1n) is 6.39. The first-order chi connectivity index (χ1) is 9.54. The van der Waals surface area contributed by atoms with Crippen LogP contribution in [0, 0.1) is 19.7 Å². The summed E-state index contributed by atoms with van der Waals surface area (Å²) in [7, 11) is 0. The van der Waals surface area contributed by atoms with Gasteiger partial charge in [-0.05, 0) is 43.2 Å². The molecule has 0 saturated carbocycles. The number of aliphatic imine (C=N–C) groups is 1. The summed E-state index contributed by atoms with van der Waals surface area (Å²) in [6.45, 7) is 3.77. The summed E-state index contributed by atoms with van der Waals surface area (Å²) in [5.74, 6) is 0.180. The zero-order valence-corrected chi connectivity index (χ0v) is 11.3. The average Bonchev–Trinajstić information content (AvgIpc) is 2.38. The van der Waals surface area contributed by atoms with Gasteiger partial charge in [-0.3, -0.25) is 4.79 Å². The van der Waals surface area contributed by atoms with E-state index in [0.717, 1.165) is 16.8 Å². The molecule has 3 rings (SSSR count). The minimum atomic E-state index is -0.304. The second-order valence-electron chi connectivity index (χ2n) is 4.94. The monoisotopic (exact) mass is 268 g/mol. The number of halogens is 1. The highest BCUT2D eigenvalue weighted by Gasteiger charge is 2.24. The Bertz CT molecular complexity index is 733. The third-order valence-corrected chi connectivity index (χ3v) is 3.35. The number of hydrogen-bond donors (Lipinski definition) is 0. The Morgan fingerprint density at radius 1 is 1.15 bits per heavy atom. The van der Waals surface area contributed by atoms with Crippen LogP contribution in [-0.2, 0) is 0 Å². The summed E-state index contributed by atoms with van der Waals surface area (Å²) in [6, 6.07) is 7.89. The lowest BCUT2D eigenvalue weighted by molar-refractivity contribution is 0.0999. The van der Waals surface area contributed by atoms with Crippen LogP contribution in [0.4, 0.5) is 10.2 Å². The van der Waals surface area contributed by atoms with Crippen molar-refractivity contribution in [1.29, 1.82) is 0 Å². The standard InChI is InChI=1S/C16H13FN2O/c1-9-7-10(2)18-16-15(9)14(20)8-13(19-16)11-3-5-12(17)6-4-11/h3-7H,8H2,1-2H3. The molecule has 0 amide bonds. The van der Waals surface area contributed by atoms with Crippen molar-refractivity contribution in [1.82, 2.24) is 4.98 Å². The van der Waals surface area contributed by atoms with Crippen LogP contribution in [0.3, 0.4) is 0 Å². The van der Waals surface area contributed by atoms with Crippen LogP contribution in [-0.4, -0.2) is 16.5 Å². The van der Waals surface area contributed by atoms with Crippen molar-refractivity contribution in [3.05, 3.63) is 58.5 Å². The molecule has 0 radical (unpaired) electrons. The number of fused-ring (bicyclic) bond motifs is 1. The summed E-state index contributed by atoms with van der Waals surface area (Å²) in [6.07, 6.45) is 0.226. The number of Topliss-reactive ketones (excluding diaryl/α,β-unsaturated/α-hetero) is 1. The van der Waals surface area contributed by atoms with Crippen molar-refractivity contribution in [2.24, 2.45) is 4.99 Å². The van der Waals surface area contributed by atoms with Crippen LogP contribution in [0.15, 0.2) is 35.3 Å². The molecule has 0 atom stereocenters. The molecule has 20 heavy (non-hydrogen) atoms. The number of pyridine rings is 1. The second kappa shape index (κ2) is 4.63. The van der Waals surface area contributed by atoms with Gasteiger partial charge in [-0.1, -0.05) is 12.1 Å². The van der Waals surface area contributed by atoms with Crippen molar-refractivity contribution in [2.75, 3.05) is 0 Å². The Hall–Kier alpha value is -2.36. The summed E-state index contributed by atoms with van der Waals surface area (Å²) in [4.78, 5) is 21.1. The maximum atomic E-state index is 13.0. The highest BCUT2D eigenvalue weighted by Crippen LogP contribution is 2.29. The predicted octanol–water partition coefficient (Wildman–Crippen LogP) is 3.54. The van der Waals surface area contributed by atoms with Gasteiger partial charge in [0.15, 0.2) is 11.6 Å². The lowest BCUT2D eigenvalue weighted by Gasteiger charge is -2.16. The normalized spacial score (nSPS) is 13.9. The van der Waals surface area contributed by atoms with E-state index in [9.17, 15) is 9.18 Å². The van der Waals surface area contributed by atoms with Gasteiger partial charge in [0, 0.05) is 5.69 Å². The molecule has 100 valence electrons. The fraction of sp³-hybridized carbons (Fsp3) is 0.188. The minimum absolute atomic E-state index is 0.0133. The average molecular weight is 268 g/mol. The smallest absolute Gasteiger partial charge is 0.172 e. The molecule has 1 aromatic carbocycles. The number of nitrogens with zero attached hydrogens (tertiary/aromatic N) is 2. The summed E-state index contributed by atoms with van der Waals surface area (Å²) < 4.78 is 13.0. The number of carbonyl (C=O) groups excluding carboxylic acids is 1. The third-order valence-electron chi connectivity index (χ3n) is 3.35. The molecule has 0 spiro atoms. The van der Waals surface area contributed by atoms with E-state index in [1.54, 1.807) is 12.1 Å². The van der Waals surface area contributed by atoms with Gasteiger partial charge in [0.05, 0.1) is 17.7 Å². The minimum Gasteiger partial charge on any atom is -0.294 e. The number of ketones is 1. The maximum Gasteiger partial charge on any atom is 0.172 e. The van der Waals surface area contributed by atoms with Crippen molar-refractivity contribution in [2.45, 2.75) is 20.3 Å². The second-order valence-corrected chi connectivity index (χ2v) is 4.94. The van der Waals surface area contributed by atoms with Gasteiger partial charge >= 0.3 is 0 Å². The van der Waals surface area contributed by atoms with Crippen LogP contribution < -0.4 is 0 Å². The molecule has 1 aromatic heterocycles. The zero-order valence-electron chi connectivity index (χ0n) is 11.3. The molecule has 3 nitrogen and oxygen atoms in total. The van der Waals surface area contributed by atoms with Crippen LogP contribution in [0.25, 0.3) is 0 Å². The van der Waals surface area contributed by atoms with E-state index < -0.39 is 0 Å². The number of aromatic nitrogens is 1. The third kappa shape index (κ3) is 2.13. The van der Waals surface area contributed by atoms with Crippen LogP contribution in [0.2, 0.25) is 0 Å². The van der Waals surface area contributed by atoms with Crippen molar-refractivity contribution in [3.8, 4) is 0 Å². The van der Waals surface area contributed by atoms with E-state index in [2.05, 4.69) is 9.98 Å². The molecule has 2 heterocycles. The number of benzene rings is 1. The molecule has 0 fully saturated rings. The molecule has 0 bridgehead atoms. The van der Waals surface area contributed by atoms with Crippen molar-refractivity contribution >= 4 is 17.3 Å². The molecule has 0 aliphatic carbocycles. The van der Waals surface area contributed by atoms with E-state index in [1.165, 1.54) is 12.1 Å². The van der Waals surface area contributed by atoms with Gasteiger partial charge in [-0.25, -0.2) is 14.4 Å². The number of aryl methyl sites for hydroxylation is 2. The Morgan fingerprint density at radius 2 is 1.85 bits per heavy atom. The van der Waals surface area contributed by atoms with E-state index in [4.69, 9.17) is 0 Å². The highest BCUT2D eigenvalue weighted by molar-refractivity contribution is 6.20. The highest BCUT2D eigenvalue weighted by atomic mass is 19.1. The van der Waals surface area contributed by atoms with E-state index >= 15 is 0 Å². The lowest BCUT2D eigenvalue weighted by atomic mass is 9.95. The summed E-state index contributed by atoms with van der Waals surface area (Å²) >= 11 is 0. The molecule has 2 aromatic rings. The van der Waals surface area contributed by atoms with E-state index in [1.807, 2.05) is 19.9 Å². The van der Waals surface area contributed by atoms with E-state index in [0.29, 0.717) is 17.1 Å². The van der Waals surface area contributed by atoms with Crippen LogP contribution in [0.1, 0.15) is 33.6 Å². The van der Waals surface area contributed by atoms with Crippen molar-refractivity contribution in [3.63, 3.8) is 0 Å². The molecule has 4 heteroatoms. The van der Waals surface area contributed by atoms with Crippen molar-refractivity contribution < 1.29 is 9.18 Å². The molecule has 0 N–H and O–H groups in total.